The number of aromatic nitrogens is 1. The first-order valence-corrected chi connectivity index (χ1v) is 14.1. The van der Waals surface area contributed by atoms with Crippen molar-refractivity contribution in [3.8, 4) is 5.75 Å². The molecule has 3 fully saturated rings. The summed E-state index contributed by atoms with van der Waals surface area (Å²) in [6.07, 6.45) is 5.66. The highest BCUT2D eigenvalue weighted by atomic mass is 35.5. The van der Waals surface area contributed by atoms with Crippen molar-refractivity contribution in [2.45, 2.75) is 51.7 Å². The van der Waals surface area contributed by atoms with Gasteiger partial charge in [-0.2, -0.15) is 0 Å². The Labute approximate surface area is 234 Å². The summed E-state index contributed by atoms with van der Waals surface area (Å²) in [4.78, 5) is 21.5. The topological polar surface area (TPSA) is 54.9 Å². The van der Waals surface area contributed by atoms with Gasteiger partial charge in [0, 0.05) is 47.4 Å². The summed E-state index contributed by atoms with van der Waals surface area (Å²) < 4.78 is 11.2. The quantitative estimate of drug-likeness (QED) is 0.349. The Kier molecular flexibility index (Phi) is 7.84. The van der Waals surface area contributed by atoms with E-state index in [9.17, 15) is 4.79 Å². The number of likely N-dealkylation sites (tertiary alicyclic amines) is 1. The molecule has 0 amide bonds. The molecule has 1 aliphatic carbocycles. The molecule has 3 heterocycles. The van der Waals surface area contributed by atoms with Crippen LogP contribution >= 0.6 is 34.8 Å². The smallest absolute Gasteiger partial charge is 0.311 e. The molecule has 1 saturated carbocycles. The normalized spacial score (nSPS) is 27.2. The van der Waals surface area contributed by atoms with Crippen LogP contribution in [0.5, 0.6) is 5.75 Å². The van der Waals surface area contributed by atoms with Crippen molar-refractivity contribution < 1.29 is 14.3 Å². The van der Waals surface area contributed by atoms with Crippen LogP contribution in [0.2, 0.25) is 15.1 Å². The Morgan fingerprint density at radius 1 is 1.11 bits per heavy atom. The molecule has 37 heavy (non-hydrogen) atoms. The van der Waals surface area contributed by atoms with Gasteiger partial charge in [0.15, 0.2) is 0 Å². The van der Waals surface area contributed by atoms with Gasteiger partial charge in [-0.1, -0.05) is 40.9 Å². The number of anilines is 1. The van der Waals surface area contributed by atoms with Crippen LogP contribution in [-0.2, 0) is 9.53 Å². The number of methoxy groups -OCH3 is 1. The molecule has 200 valence electrons. The predicted octanol–water partition coefficient (Wildman–Crippen LogP) is 6.67. The molecule has 1 aromatic carbocycles. The fraction of sp³-hybridized carbons (Fsp3) is 0.571. The van der Waals surface area contributed by atoms with Gasteiger partial charge < -0.3 is 19.3 Å². The van der Waals surface area contributed by atoms with E-state index in [1.165, 1.54) is 20.0 Å². The Morgan fingerprint density at radius 2 is 1.86 bits per heavy atom. The second kappa shape index (κ2) is 10.8. The first-order valence-electron chi connectivity index (χ1n) is 13.0. The lowest BCUT2D eigenvalue weighted by Gasteiger charge is -2.52. The number of esters is 1. The number of ether oxygens (including phenoxy) is 2. The lowest BCUT2D eigenvalue weighted by atomic mass is 9.65. The first kappa shape index (κ1) is 26.9. The average Bonchev–Trinajstić information content (AvgIpc) is 2.82. The minimum Gasteiger partial charge on any atom is -0.484 e. The third-order valence-corrected chi connectivity index (χ3v) is 9.31. The van der Waals surface area contributed by atoms with Crippen molar-refractivity contribution in [1.82, 2.24) is 9.88 Å². The van der Waals surface area contributed by atoms with E-state index in [0.717, 1.165) is 50.4 Å². The van der Waals surface area contributed by atoms with Crippen molar-refractivity contribution >= 4 is 46.6 Å². The number of carbonyl (C=O) groups excluding carboxylic acids is 1. The van der Waals surface area contributed by atoms with Crippen molar-refractivity contribution in [2.24, 2.45) is 17.3 Å². The maximum absolute atomic E-state index is 12.1. The Bertz CT molecular complexity index is 1150. The summed E-state index contributed by atoms with van der Waals surface area (Å²) in [5.74, 6) is 2.71. The van der Waals surface area contributed by atoms with Gasteiger partial charge in [-0.3, -0.25) is 4.79 Å². The summed E-state index contributed by atoms with van der Waals surface area (Å²) >= 11 is 18.8. The van der Waals surface area contributed by atoms with Crippen molar-refractivity contribution in [3.05, 3.63) is 51.1 Å². The molecule has 2 atom stereocenters. The summed E-state index contributed by atoms with van der Waals surface area (Å²) in [6, 6.07) is 7.81. The van der Waals surface area contributed by atoms with E-state index >= 15 is 0 Å². The largest absolute Gasteiger partial charge is 0.484 e. The van der Waals surface area contributed by atoms with Crippen LogP contribution in [-0.4, -0.2) is 55.2 Å². The first-order chi connectivity index (χ1) is 17.7. The molecular weight excluding hydrogens is 533 g/mol. The summed E-state index contributed by atoms with van der Waals surface area (Å²) in [5.41, 5.74) is 0.542. The third kappa shape index (κ3) is 5.54. The van der Waals surface area contributed by atoms with Gasteiger partial charge in [0.2, 0.25) is 0 Å². The number of halogens is 3. The maximum Gasteiger partial charge on any atom is 0.311 e. The second-order valence-corrected chi connectivity index (χ2v) is 12.3. The van der Waals surface area contributed by atoms with Gasteiger partial charge >= 0.3 is 5.97 Å². The molecule has 0 spiro atoms. The van der Waals surface area contributed by atoms with Crippen LogP contribution in [0.4, 0.5) is 5.82 Å². The molecule has 2 aliphatic heterocycles. The van der Waals surface area contributed by atoms with Crippen LogP contribution in [0.3, 0.4) is 0 Å². The van der Waals surface area contributed by atoms with Crippen molar-refractivity contribution in [3.63, 3.8) is 0 Å². The van der Waals surface area contributed by atoms with Crippen LogP contribution in [0.15, 0.2) is 30.5 Å². The molecule has 0 unspecified atom stereocenters. The highest BCUT2D eigenvalue weighted by molar-refractivity contribution is 6.35. The molecule has 0 bridgehead atoms. The summed E-state index contributed by atoms with van der Waals surface area (Å²) in [7, 11) is 1.49. The van der Waals surface area contributed by atoms with Crippen LogP contribution in [0.1, 0.15) is 51.2 Å². The molecular formula is C28H34Cl3N3O3. The van der Waals surface area contributed by atoms with E-state index in [1.807, 2.05) is 26.0 Å². The zero-order valence-corrected chi connectivity index (χ0v) is 23.8. The number of carbonyl (C=O) groups is 1. The number of rotatable bonds is 7. The minimum absolute atomic E-state index is 0.0728. The Balaban J connectivity index is 1.16. The Hall–Kier alpha value is -1.73. The van der Waals surface area contributed by atoms with Gasteiger partial charge in [0.1, 0.15) is 22.7 Å². The third-order valence-electron chi connectivity index (χ3n) is 8.47. The minimum atomic E-state index is -0.309. The Morgan fingerprint density at radius 3 is 2.57 bits per heavy atom. The highest BCUT2D eigenvalue weighted by Gasteiger charge is 2.50. The van der Waals surface area contributed by atoms with E-state index in [1.54, 1.807) is 18.3 Å². The number of piperidine rings is 1. The highest BCUT2D eigenvalue weighted by Crippen LogP contribution is 2.46. The summed E-state index contributed by atoms with van der Waals surface area (Å²) in [5, 5.41) is 1.63. The van der Waals surface area contributed by atoms with Gasteiger partial charge in [-0.05, 0) is 70.0 Å². The van der Waals surface area contributed by atoms with Crippen LogP contribution in [0.25, 0.3) is 0 Å². The molecule has 1 aromatic heterocycles. The molecule has 2 saturated heterocycles. The number of hydrogen-bond acceptors (Lipinski definition) is 6. The van der Waals surface area contributed by atoms with Gasteiger partial charge in [-0.15, -0.1) is 0 Å². The number of benzene rings is 1. The standard InChI is InChI=1S/C28H34Cl3N3O3/c1-17(22-7-6-20(29)9-23(22)30)37-25-10-26(32-13-24(25)31)34-15-19(16-34)18-5-4-8-33(14-18)21-11-28(2,12-21)27(35)36-3/h6-7,9-10,13,17-19,21H,4-5,8,11-12,14-16H2,1-3H3/t17-,18+,21?,28?/m1/s1. The number of hydrogen-bond donors (Lipinski definition) is 0. The zero-order chi connectivity index (χ0) is 26.3. The van der Waals surface area contributed by atoms with E-state index in [0.29, 0.717) is 38.7 Å². The summed E-state index contributed by atoms with van der Waals surface area (Å²) in [6.45, 7) is 8.18. The van der Waals surface area contributed by atoms with Crippen LogP contribution in [0, 0.1) is 17.3 Å². The SMILES string of the molecule is COC(=O)C1(C)CC(N2CCC[C@H](C3CN(c4cc(O[C@H](C)c5ccc(Cl)cc5Cl)c(Cl)cn4)C3)C2)C1. The monoisotopic (exact) mass is 565 g/mol. The van der Waals surface area contributed by atoms with E-state index in [2.05, 4.69) is 14.8 Å². The van der Waals surface area contributed by atoms with Gasteiger partial charge in [-0.25, -0.2) is 4.98 Å². The van der Waals surface area contributed by atoms with Crippen molar-refractivity contribution in [1.29, 1.82) is 0 Å². The second-order valence-electron chi connectivity index (χ2n) is 11.1. The van der Waals surface area contributed by atoms with Gasteiger partial charge in [0.25, 0.3) is 0 Å². The molecule has 2 aromatic rings. The number of nitrogens with zero attached hydrogens (tertiary/aromatic N) is 3. The maximum atomic E-state index is 12.1. The van der Waals surface area contributed by atoms with E-state index in [4.69, 9.17) is 44.3 Å². The molecule has 9 heteroatoms. The van der Waals surface area contributed by atoms with E-state index in [-0.39, 0.29) is 17.5 Å². The number of pyridine rings is 1. The molecule has 6 nitrogen and oxygen atoms in total. The lowest BCUT2D eigenvalue weighted by molar-refractivity contribution is -0.162. The predicted molar refractivity (Wildman–Crippen MR) is 148 cm³/mol. The molecule has 0 radical (unpaired) electrons. The fourth-order valence-corrected chi connectivity index (χ4v) is 6.87. The van der Waals surface area contributed by atoms with Crippen molar-refractivity contribution in [2.75, 3.05) is 38.2 Å². The van der Waals surface area contributed by atoms with E-state index < -0.39 is 0 Å². The van der Waals surface area contributed by atoms with Gasteiger partial charge in [0.05, 0.1) is 18.7 Å². The molecule has 3 aliphatic rings. The zero-order valence-electron chi connectivity index (χ0n) is 21.6. The van der Waals surface area contributed by atoms with Crippen LogP contribution < -0.4 is 9.64 Å². The fourth-order valence-electron chi connectivity index (χ4n) is 6.16. The lowest BCUT2D eigenvalue weighted by Crippen LogP contribution is -2.58. The average molecular weight is 567 g/mol. The molecule has 5 rings (SSSR count). The molecule has 0 N–H and O–H groups in total.